The van der Waals surface area contributed by atoms with Crippen molar-refractivity contribution in [1.82, 2.24) is 0 Å². The third-order valence-corrected chi connectivity index (χ3v) is 3.41. The Morgan fingerprint density at radius 1 is 1.12 bits per heavy atom. The molecular weight excluding hydrogens is 328 g/mol. The largest absolute Gasteiger partial charge is 0.493 e. The van der Waals surface area contributed by atoms with Crippen LogP contribution in [0.3, 0.4) is 0 Å². The molecule has 1 amide bonds. The number of nitrogens with one attached hydrogen (secondary N) is 2. The quantitative estimate of drug-likeness (QED) is 0.623. The topological polar surface area (TPSA) is 59.6 Å². The second kappa shape index (κ2) is 10.1. The molecule has 0 aliphatic carbocycles. The summed E-state index contributed by atoms with van der Waals surface area (Å²) in [5.41, 5.74) is 1.49. The van der Waals surface area contributed by atoms with Gasteiger partial charge in [-0.15, -0.1) is 0 Å². The average Bonchev–Trinajstić information content (AvgIpc) is 2.65. The van der Waals surface area contributed by atoms with E-state index >= 15 is 0 Å². The molecule has 5 nitrogen and oxygen atoms in total. The van der Waals surface area contributed by atoms with Gasteiger partial charge in [-0.25, -0.2) is 0 Å². The van der Waals surface area contributed by atoms with Gasteiger partial charge in [0.1, 0.15) is 18.1 Å². The van der Waals surface area contributed by atoms with Gasteiger partial charge in [-0.3, -0.25) is 4.79 Å². The van der Waals surface area contributed by atoms with Gasteiger partial charge in [0.25, 0.3) is 0 Å². The zero-order chi connectivity index (χ0) is 18.8. The third-order valence-electron chi connectivity index (χ3n) is 3.41. The average molecular weight is 354 g/mol. The van der Waals surface area contributed by atoms with Crippen molar-refractivity contribution >= 4 is 17.3 Å². The minimum Gasteiger partial charge on any atom is -0.493 e. The molecule has 0 bridgehead atoms. The van der Waals surface area contributed by atoms with E-state index in [9.17, 15) is 4.79 Å². The number of carbonyl (C=O) groups excluding carboxylic acids is 1. The molecule has 0 unspecified atom stereocenters. The van der Waals surface area contributed by atoms with E-state index in [0.29, 0.717) is 30.6 Å². The van der Waals surface area contributed by atoms with Crippen LogP contribution in [0.25, 0.3) is 0 Å². The van der Waals surface area contributed by atoms with Gasteiger partial charge in [-0.05, 0) is 42.3 Å². The van der Waals surface area contributed by atoms with E-state index in [1.165, 1.54) is 0 Å². The molecule has 138 valence electrons. The van der Waals surface area contributed by atoms with E-state index in [0.717, 1.165) is 11.4 Å². The van der Waals surface area contributed by atoms with Crippen molar-refractivity contribution in [2.75, 3.05) is 30.4 Å². The van der Waals surface area contributed by atoms with E-state index in [1.807, 2.05) is 42.5 Å². The molecule has 2 rings (SSSR count). The first-order valence-corrected chi connectivity index (χ1v) is 8.67. The lowest BCUT2D eigenvalue weighted by molar-refractivity contribution is -0.114. The summed E-state index contributed by atoms with van der Waals surface area (Å²) < 4.78 is 11.2. The number of hydrogen-bond donors (Lipinski definition) is 2. The highest BCUT2D eigenvalue weighted by molar-refractivity contribution is 5.95. The second-order valence-electron chi connectivity index (χ2n) is 6.23. The molecule has 26 heavy (non-hydrogen) atoms. The Hall–Kier alpha value is -2.95. The SMILES string of the molecule is C=CCOc1ccccc1NC(=O)CNc1ccc(OCC(C)C)cc1. The summed E-state index contributed by atoms with van der Waals surface area (Å²) in [6.07, 6.45) is 1.66. The van der Waals surface area contributed by atoms with Crippen LogP contribution in [0.15, 0.2) is 61.2 Å². The highest BCUT2D eigenvalue weighted by Crippen LogP contribution is 2.23. The summed E-state index contributed by atoms with van der Waals surface area (Å²) in [5.74, 6) is 1.77. The fraction of sp³-hybridized carbons (Fsp3) is 0.286. The van der Waals surface area contributed by atoms with Crippen molar-refractivity contribution < 1.29 is 14.3 Å². The maximum absolute atomic E-state index is 12.2. The number of anilines is 2. The van der Waals surface area contributed by atoms with Gasteiger partial charge in [-0.2, -0.15) is 0 Å². The summed E-state index contributed by atoms with van der Waals surface area (Å²) in [7, 11) is 0. The molecule has 0 atom stereocenters. The number of hydrogen-bond acceptors (Lipinski definition) is 4. The highest BCUT2D eigenvalue weighted by Gasteiger charge is 2.07. The van der Waals surface area contributed by atoms with Crippen molar-refractivity contribution in [2.24, 2.45) is 5.92 Å². The van der Waals surface area contributed by atoms with Crippen LogP contribution >= 0.6 is 0 Å². The molecule has 0 aliphatic rings. The van der Waals surface area contributed by atoms with Crippen LogP contribution in [0.5, 0.6) is 11.5 Å². The van der Waals surface area contributed by atoms with Crippen LogP contribution in [0, 0.1) is 5.92 Å². The van der Waals surface area contributed by atoms with Crippen molar-refractivity contribution in [3.05, 3.63) is 61.2 Å². The Kier molecular flexibility index (Phi) is 7.55. The first-order chi connectivity index (χ1) is 12.6. The van der Waals surface area contributed by atoms with E-state index in [2.05, 4.69) is 31.1 Å². The van der Waals surface area contributed by atoms with Crippen molar-refractivity contribution in [2.45, 2.75) is 13.8 Å². The Morgan fingerprint density at radius 3 is 2.54 bits per heavy atom. The Morgan fingerprint density at radius 2 is 1.85 bits per heavy atom. The predicted molar refractivity (Wildman–Crippen MR) is 106 cm³/mol. The molecule has 0 aromatic heterocycles. The smallest absolute Gasteiger partial charge is 0.243 e. The monoisotopic (exact) mass is 354 g/mol. The molecule has 0 saturated heterocycles. The molecule has 2 N–H and O–H groups in total. The zero-order valence-corrected chi connectivity index (χ0v) is 15.3. The van der Waals surface area contributed by atoms with Gasteiger partial charge >= 0.3 is 0 Å². The number of amides is 1. The van der Waals surface area contributed by atoms with Gasteiger partial charge in [0.05, 0.1) is 18.8 Å². The van der Waals surface area contributed by atoms with Crippen LogP contribution < -0.4 is 20.1 Å². The number of para-hydroxylation sites is 2. The van der Waals surface area contributed by atoms with Crippen LogP contribution in [-0.2, 0) is 4.79 Å². The Bertz CT molecular complexity index is 711. The summed E-state index contributed by atoms with van der Waals surface area (Å²) in [5, 5.41) is 5.94. The minimum absolute atomic E-state index is 0.153. The number of benzene rings is 2. The molecule has 0 fully saturated rings. The fourth-order valence-electron chi connectivity index (χ4n) is 2.15. The van der Waals surface area contributed by atoms with Gasteiger partial charge in [0.2, 0.25) is 5.91 Å². The van der Waals surface area contributed by atoms with Gasteiger partial charge < -0.3 is 20.1 Å². The minimum atomic E-state index is -0.153. The third kappa shape index (κ3) is 6.51. The van der Waals surface area contributed by atoms with Gasteiger partial charge in [0, 0.05) is 5.69 Å². The molecule has 0 saturated carbocycles. The van der Waals surface area contributed by atoms with Crippen molar-refractivity contribution in [1.29, 1.82) is 0 Å². The van der Waals surface area contributed by atoms with E-state index in [-0.39, 0.29) is 12.5 Å². The summed E-state index contributed by atoms with van der Waals surface area (Å²) >= 11 is 0. The summed E-state index contributed by atoms with van der Waals surface area (Å²) in [6, 6.07) is 14.9. The van der Waals surface area contributed by atoms with Crippen molar-refractivity contribution in [3.8, 4) is 11.5 Å². The van der Waals surface area contributed by atoms with Gasteiger partial charge in [-0.1, -0.05) is 38.6 Å². The summed E-state index contributed by atoms with van der Waals surface area (Å²) in [6.45, 7) is 9.06. The first-order valence-electron chi connectivity index (χ1n) is 8.67. The standard InChI is InChI=1S/C21H26N2O3/c1-4-13-25-20-8-6-5-7-19(20)23-21(24)14-22-17-9-11-18(12-10-17)26-15-16(2)3/h4-12,16,22H,1,13-15H2,2-3H3,(H,23,24). The lowest BCUT2D eigenvalue weighted by Crippen LogP contribution is -2.22. The summed E-state index contributed by atoms with van der Waals surface area (Å²) in [4.78, 5) is 12.2. The van der Waals surface area contributed by atoms with Crippen LogP contribution in [-0.4, -0.2) is 25.7 Å². The molecule has 0 spiro atoms. The van der Waals surface area contributed by atoms with Crippen LogP contribution in [0.1, 0.15) is 13.8 Å². The maximum atomic E-state index is 12.2. The van der Waals surface area contributed by atoms with E-state index in [4.69, 9.17) is 9.47 Å². The normalized spacial score (nSPS) is 10.3. The zero-order valence-electron chi connectivity index (χ0n) is 15.3. The lowest BCUT2D eigenvalue weighted by atomic mass is 10.2. The maximum Gasteiger partial charge on any atom is 0.243 e. The van der Waals surface area contributed by atoms with Crippen LogP contribution in [0.2, 0.25) is 0 Å². The molecule has 2 aromatic rings. The molecule has 5 heteroatoms. The molecule has 0 aliphatic heterocycles. The molecule has 0 heterocycles. The predicted octanol–water partition coefficient (Wildman–Crippen LogP) is 4.34. The fourth-order valence-corrected chi connectivity index (χ4v) is 2.15. The van der Waals surface area contributed by atoms with E-state index < -0.39 is 0 Å². The molecular formula is C21H26N2O3. The number of carbonyl (C=O) groups is 1. The van der Waals surface area contributed by atoms with Crippen molar-refractivity contribution in [3.63, 3.8) is 0 Å². The molecule has 2 aromatic carbocycles. The second-order valence-corrected chi connectivity index (χ2v) is 6.23. The number of ether oxygens (including phenoxy) is 2. The Labute approximate surface area is 155 Å². The Balaban J connectivity index is 1.84. The highest BCUT2D eigenvalue weighted by atomic mass is 16.5. The first kappa shape index (κ1) is 19.4. The van der Waals surface area contributed by atoms with E-state index in [1.54, 1.807) is 12.1 Å². The van der Waals surface area contributed by atoms with Crippen LogP contribution in [0.4, 0.5) is 11.4 Å². The number of rotatable bonds is 10. The lowest BCUT2D eigenvalue weighted by Gasteiger charge is -2.12. The molecule has 0 radical (unpaired) electrons. The van der Waals surface area contributed by atoms with Gasteiger partial charge in [0.15, 0.2) is 0 Å².